The molecule has 0 heterocycles. The van der Waals surface area contributed by atoms with Gasteiger partial charge in [0.15, 0.2) is 0 Å². The van der Waals surface area contributed by atoms with Crippen molar-refractivity contribution in [3.05, 3.63) is 0 Å². The summed E-state index contributed by atoms with van der Waals surface area (Å²) in [5.41, 5.74) is -0.318. The van der Waals surface area contributed by atoms with Crippen molar-refractivity contribution in [2.75, 3.05) is 0 Å². The van der Waals surface area contributed by atoms with E-state index in [0.29, 0.717) is 0 Å². The number of Topliss-reactive ketones (excluding diaryl/α,β-unsaturated/α-hetero) is 1. The molecule has 2 rings (SSSR count). The highest BCUT2D eigenvalue weighted by molar-refractivity contribution is 5.85. The normalized spacial score (nSPS) is 30.9. The number of rotatable bonds is 2. The van der Waals surface area contributed by atoms with Crippen molar-refractivity contribution in [2.45, 2.75) is 38.5 Å². The van der Waals surface area contributed by atoms with Gasteiger partial charge in [0.2, 0.25) is 5.92 Å². The predicted octanol–water partition coefficient (Wildman–Crippen LogP) is 2.40. The van der Waals surface area contributed by atoms with Crippen LogP contribution in [0.4, 0.5) is 8.78 Å². The molecule has 2 saturated carbocycles. The van der Waals surface area contributed by atoms with Crippen molar-refractivity contribution in [1.82, 2.24) is 0 Å². The van der Waals surface area contributed by atoms with Crippen molar-refractivity contribution < 1.29 is 13.6 Å². The minimum Gasteiger partial charge on any atom is -0.299 e. The van der Waals surface area contributed by atoms with Gasteiger partial charge < -0.3 is 0 Å². The fraction of sp³-hybridized carbons (Fsp3) is 0.889. The first-order chi connectivity index (χ1) is 5.46. The minimum absolute atomic E-state index is 0.0231. The van der Waals surface area contributed by atoms with Crippen LogP contribution < -0.4 is 0 Å². The molecular formula is C9H12F2O. The second-order valence-corrected chi connectivity index (χ2v) is 4.17. The molecule has 0 saturated heterocycles. The smallest absolute Gasteiger partial charge is 0.248 e. The van der Waals surface area contributed by atoms with E-state index in [0.717, 1.165) is 12.8 Å². The summed E-state index contributed by atoms with van der Waals surface area (Å²) in [5, 5.41) is 0. The van der Waals surface area contributed by atoms with Crippen LogP contribution in [-0.2, 0) is 4.79 Å². The van der Waals surface area contributed by atoms with Gasteiger partial charge in [0.1, 0.15) is 5.78 Å². The summed E-state index contributed by atoms with van der Waals surface area (Å²) >= 11 is 0. The SMILES string of the molecule is CC(=O)C1(C2CC(F)(F)C2)CC1. The van der Waals surface area contributed by atoms with E-state index in [9.17, 15) is 13.6 Å². The zero-order valence-corrected chi connectivity index (χ0v) is 7.07. The van der Waals surface area contributed by atoms with Gasteiger partial charge in [0.05, 0.1) is 0 Å². The van der Waals surface area contributed by atoms with E-state index in [-0.39, 0.29) is 30.0 Å². The van der Waals surface area contributed by atoms with Crippen molar-refractivity contribution >= 4 is 5.78 Å². The molecule has 1 nitrogen and oxygen atoms in total. The summed E-state index contributed by atoms with van der Waals surface area (Å²) in [4.78, 5) is 11.1. The van der Waals surface area contributed by atoms with Crippen LogP contribution in [0.1, 0.15) is 32.6 Å². The summed E-state index contributed by atoms with van der Waals surface area (Å²) < 4.78 is 25.0. The second-order valence-electron chi connectivity index (χ2n) is 4.17. The Morgan fingerprint density at radius 3 is 2.08 bits per heavy atom. The molecule has 0 aromatic heterocycles. The van der Waals surface area contributed by atoms with E-state index in [4.69, 9.17) is 0 Å². The molecule has 0 spiro atoms. The molecule has 68 valence electrons. The Morgan fingerprint density at radius 2 is 1.83 bits per heavy atom. The first-order valence-corrected chi connectivity index (χ1v) is 4.35. The Labute approximate surface area is 70.1 Å². The summed E-state index contributed by atoms with van der Waals surface area (Å²) in [5.74, 6) is -2.39. The van der Waals surface area contributed by atoms with Gasteiger partial charge in [-0.25, -0.2) is 8.78 Å². The molecule has 2 aliphatic rings. The average molecular weight is 174 g/mol. The van der Waals surface area contributed by atoms with Gasteiger partial charge in [-0.15, -0.1) is 0 Å². The lowest BCUT2D eigenvalue weighted by Gasteiger charge is -2.39. The molecule has 0 aromatic carbocycles. The number of alkyl halides is 2. The van der Waals surface area contributed by atoms with Gasteiger partial charge in [-0.1, -0.05) is 0 Å². The van der Waals surface area contributed by atoms with E-state index < -0.39 is 5.92 Å². The fourth-order valence-corrected chi connectivity index (χ4v) is 2.23. The van der Waals surface area contributed by atoms with Crippen LogP contribution in [0, 0.1) is 11.3 Å². The van der Waals surface area contributed by atoms with Crippen LogP contribution in [0.3, 0.4) is 0 Å². The fourth-order valence-electron chi connectivity index (χ4n) is 2.23. The van der Waals surface area contributed by atoms with Crippen molar-refractivity contribution in [3.63, 3.8) is 0 Å². The first kappa shape index (κ1) is 8.14. The Morgan fingerprint density at radius 1 is 1.33 bits per heavy atom. The summed E-state index contributed by atoms with van der Waals surface area (Å²) in [6.07, 6.45) is 1.55. The van der Waals surface area contributed by atoms with Gasteiger partial charge in [-0.05, 0) is 25.7 Å². The van der Waals surface area contributed by atoms with E-state index >= 15 is 0 Å². The Balaban J connectivity index is 2.00. The van der Waals surface area contributed by atoms with E-state index in [1.807, 2.05) is 0 Å². The minimum atomic E-state index is -2.48. The molecule has 2 fully saturated rings. The number of halogens is 2. The summed E-state index contributed by atoms with van der Waals surface area (Å²) in [7, 11) is 0. The van der Waals surface area contributed by atoms with Gasteiger partial charge in [0, 0.05) is 18.3 Å². The molecule has 0 atom stereocenters. The maximum absolute atomic E-state index is 12.5. The van der Waals surface area contributed by atoms with Crippen LogP contribution in [-0.4, -0.2) is 11.7 Å². The lowest BCUT2D eigenvalue weighted by molar-refractivity contribution is -0.146. The molecule has 0 aliphatic heterocycles. The number of hydrogen-bond acceptors (Lipinski definition) is 1. The van der Waals surface area contributed by atoms with Crippen molar-refractivity contribution in [3.8, 4) is 0 Å². The first-order valence-electron chi connectivity index (χ1n) is 4.35. The lowest BCUT2D eigenvalue weighted by atomic mass is 9.69. The maximum atomic E-state index is 12.5. The zero-order chi connectivity index (χ0) is 8.98. The quantitative estimate of drug-likeness (QED) is 0.628. The highest BCUT2D eigenvalue weighted by Crippen LogP contribution is 2.62. The van der Waals surface area contributed by atoms with Crippen molar-refractivity contribution in [2.24, 2.45) is 11.3 Å². The monoisotopic (exact) mass is 174 g/mol. The van der Waals surface area contributed by atoms with Gasteiger partial charge in [0.25, 0.3) is 0 Å². The number of carbonyl (C=O) groups excluding carboxylic acids is 1. The molecule has 0 radical (unpaired) electrons. The standard InChI is InChI=1S/C9H12F2O/c1-6(12)8(2-3-8)7-4-9(10,11)5-7/h7H,2-5H2,1H3. The third kappa shape index (κ3) is 0.985. The summed E-state index contributed by atoms with van der Waals surface area (Å²) in [6, 6.07) is 0. The molecule has 2 aliphatic carbocycles. The number of hydrogen-bond donors (Lipinski definition) is 0. The topological polar surface area (TPSA) is 17.1 Å². The second kappa shape index (κ2) is 2.06. The third-order valence-corrected chi connectivity index (χ3v) is 3.36. The molecule has 0 amide bonds. The Hall–Kier alpha value is -0.470. The zero-order valence-electron chi connectivity index (χ0n) is 7.07. The van der Waals surface area contributed by atoms with Gasteiger partial charge in [-0.3, -0.25) is 4.79 Å². The van der Waals surface area contributed by atoms with Crippen LogP contribution in [0.5, 0.6) is 0 Å². The Bertz CT molecular complexity index is 223. The predicted molar refractivity (Wildman–Crippen MR) is 40.0 cm³/mol. The van der Waals surface area contributed by atoms with Crippen molar-refractivity contribution in [1.29, 1.82) is 0 Å². The highest BCUT2D eigenvalue weighted by atomic mass is 19.3. The maximum Gasteiger partial charge on any atom is 0.248 e. The number of carbonyl (C=O) groups is 1. The van der Waals surface area contributed by atoms with Gasteiger partial charge in [-0.2, -0.15) is 0 Å². The van der Waals surface area contributed by atoms with Crippen LogP contribution >= 0.6 is 0 Å². The van der Waals surface area contributed by atoms with Crippen LogP contribution in [0.2, 0.25) is 0 Å². The highest BCUT2D eigenvalue weighted by Gasteiger charge is 2.62. The van der Waals surface area contributed by atoms with E-state index in [2.05, 4.69) is 0 Å². The molecule has 0 aromatic rings. The molecular weight excluding hydrogens is 162 g/mol. The molecule has 0 bridgehead atoms. The largest absolute Gasteiger partial charge is 0.299 e. The van der Waals surface area contributed by atoms with Gasteiger partial charge >= 0.3 is 0 Å². The lowest BCUT2D eigenvalue weighted by Crippen LogP contribution is -2.42. The number of ketones is 1. The molecule has 0 N–H and O–H groups in total. The average Bonchev–Trinajstić information content (AvgIpc) is 2.60. The molecule has 12 heavy (non-hydrogen) atoms. The van der Waals surface area contributed by atoms with Crippen LogP contribution in [0.25, 0.3) is 0 Å². The van der Waals surface area contributed by atoms with Crippen LogP contribution in [0.15, 0.2) is 0 Å². The summed E-state index contributed by atoms with van der Waals surface area (Å²) in [6.45, 7) is 1.53. The van der Waals surface area contributed by atoms with E-state index in [1.165, 1.54) is 6.92 Å². The Kier molecular flexibility index (Phi) is 1.40. The third-order valence-electron chi connectivity index (χ3n) is 3.36. The molecule has 3 heteroatoms. The molecule has 0 unspecified atom stereocenters. The van der Waals surface area contributed by atoms with E-state index in [1.54, 1.807) is 0 Å².